The highest BCUT2D eigenvalue weighted by Crippen LogP contribution is 2.25. The fraction of sp³-hybridized carbons (Fsp3) is 0.150. The van der Waals surface area contributed by atoms with Crippen molar-refractivity contribution in [1.82, 2.24) is 4.57 Å². The molecule has 2 N–H and O–H groups in total. The summed E-state index contributed by atoms with van der Waals surface area (Å²) in [5.74, 6) is 0. The molecule has 0 saturated heterocycles. The van der Waals surface area contributed by atoms with Crippen LogP contribution in [0.25, 0.3) is 0 Å². The molecule has 0 radical (unpaired) electrons. The van der Waals surface area contributed by atoms with Crippen LogP contribution in [0.4, 0.5) is 5.69 Å². The molecule has 0 aliphatic carbocycles. The number of anilines is 1. The van der Waals surface area contributed by atoms with Gasteiger partial charge in [-0.2, -0.15) is 5.26 Å². The van der Waals surface area contributed by atoms with Crippen LogP contribution in [0, 0.1) is 18.3 Å². The van der Waals surface area contributed by atoms with Crippen molar-refractivity contribution in [3.63, 3.8) is 0 Å². The molecule has 24 heavy (non-hydrogen) atoms. The van der Waals surface area contributed by atoms with Gasteiger partial charge in [-0.05, 0) is 30.2 Å². The Bertz CT molecular complexity index is 902. The van der Waals surface area contributed by atoms with Crippen molar-refractivity contribution < 1.29 is 0 Å². The lowest BCUT2D eigenvalue weighted by Crippen LogP contribution is -2.09. The number of nitrogen functional groups attached to an aromatic ring is 1. The van der Waals surface area contributed by atoms with Gasteiger partial charge in [0.2, 0.25) is 0 Å². The summed E-state index contributed by atoms with van der Waals surface area (Å²) in [5.41, 5.74) is 11.7. The first-order valence-electron chi connectivity index (χ1n) is 7.75. The minimum Gasteiger partial charge on any atom is -0.397 e. The third-order valence-electron chi connectivity index (χ3n) is 4.14. The molecule has 0 unspecified atom stereocenters. The summed E-state index contributed by atoms with van der Waals surface area (Å²) in [5, 5.41) is 10.1. The van der Waals surface area contributed by atoms with Crippen LogP contribution in [-0.2, 0) is 13.0 Å². The van der Waals surface area contributed by atoms with E-state index in [4.69, 9.17) is 17.3 Å². The topological polar surface area (TPSA) is 54.7 Å². The number of aromatic nitrogens is 1. The van der Waals surface area contributed by atoms with Gasteiger partial charge in [-0.3, -0.25) is 0 Å². The molecule has 0 bridgehead atoms. The molecule has 0 fully saturated rings. The minimum atomic E-state index is 0.529. The van der Waals surface area contributed by atoms with Crippen LogP contribution in [0.3, 0.4) is 0 Å². The van der Waals surface area contributed by atoms with E-state index in [0.29, 0.717) is 29.4 Å². The molecule has 3 aromatic rings. The van der Waals surface area contributed by atoms with Gasteiger partial charge in [0.1, 0.15) is 11.8 Å². The molecule has 120 valence electrons. The molecule has 0 spiro atoms. The second-order valence-electron chi connectivity index (χ2n) is 5.88. The summed E-state index contributed by atoms with van der Waals surface area (Å²) in [6, 6.07) is 20.0. The van der Waals surface area contributed by atoms with Crippen LogP contribution in [0.5, 0.6) is 0 Å². The van der Waals surface area contributed by atoms with E-state index >= 15 is 0 Å². The molecule has 0 aliphatic heterocycles. The van der Waals surface area contributed by atoms with E-state index in [2.05, 4.69) is 37.3 Å². The van der Waals surface area contributed by atoms with Crippen LogP contribution in [0.1, 0.15) is 28.1 Å². The second kappa shape index (κ2) is 6.82. The predicted octanol–water partition coefficient (Wildman–Crippen LogP) is 4.54. The van der Waals surface area contributed by atoms with Crippen molar-refractivity contribution in [1.29, 1.82) is 5.26 Å². The fourth-order valence-electron chi connectivity index (χ4n) is 2.78. The first-order chi connectivity index (χ1) is 11.6. The zero-order chi connectivity index (χ0) is 17.1. The largest absolute Gasteiger partial charge is 0.397 e. The van der Waals surface area contributed by atoms with E-state index in [1.807, 2.05) is 28.8 Å². The van der Waals surface area contributed by atoms with E-state index in [-0.39, 0.29) is 0 Å². The number of aryl methyl sites for hydroxylation is 1. The van der Waals surface area contributed by atoms with Gasteiger partial charge in [0, 0.05) is 17.1 Å². The molecule has 3 rings (SSSR count). The lowest BCUT2D eigenvalue weighted by molar-refractivity contribution is 0.749. The van der Waals surface area contributed by atoms with Crippen molar-refractivity contribution in [3.8, 4) is 6.07 Å². The normalized spacial score (nSPS) is 10.5. The lowest BCUT2D eigenvalue weighted by Gasteiger charge is -2.13. The Morgan fingerprint density at radius 3 is 2.50 bits per heavy atom. The molecule has 0 amide bonds. The number of nitrogens with zero attached hydrogens (tertiary/aromatic N) is 2. The maximum atomic E-state index is 9.45. The Labute approximate surface area is 146 Å². The van der Waals surface area contributed by atoms with Gasteiger partial charge in [0.15, 0.2) is 0 Å². The number of benzene rings is 2. The standard InChI is InChI=1S/C20H18ClN3/c1-14-6-8-15(9-7-14)10-20-19(23)11-17(12-22)24(20)13-16-4-2-3-5-18(16)21/h2-9,11H,10,13,23H2,1H3. The third kappa shape index (κ3) is 3.29. The van der Waals surface area contributed by atoms with Crippen LogP contribution < -0.4 is 5.73 Å². The van der Waals surface area contributed by atoms with E-state index < -0.39 is 0 Å². The average molecular weight is 336 g/mol. The van der Waals surface area contributed by atoms with E-state index in [1.165, 1.54) is 5.56 Å². The minimum absolute atomic E-state index is 0.529. The molecule has 1 aromatic heterocycles. The molecule has 0 saturated carbocycles. The number of rotatable bonds is 4. The average Bonchev–Trinajstić information content (AvgIpc) is 2.87. The number of halogens is 1. The first kappa shape index (κ1) is 16.2. The summed E-state index contributed by atoms with van der Waals surface area (Å²) >= 11 is 6.28. The zero-order valence-electron chi connectivity index (χ0n) is 13.5. The molecule has 0 atom stereocenters. The molecule has 0 aliphatic rings. The van der Waals surface area contributed by atoms with Crippen molar-refractivity contribution in [2.45, 2.75) is 19.9 Å². The van der Waals surface area contributed by atoms with Crippen LogP contribution in [0.15, 0.2) is 54.6 Å². The number of nitriles is 1. The highest BCUT2D eigenvalue weighted by Gasteiger charge is 2.15. The molecule has 3 nitrogen and oxygen atoms in total. The predicted molar refractivity (Wildman–Crippen MR) is 98.1 cm³/mol. The number of hydrogen-bond acceptors (Lipinski definition) is 2. The SMILES string of the molecule is Cc1ccc(Cc2c(N)cc(C#N)n2Cc2ccccc2Cl)cc1. The van der Waals surface area contributed by atoms with Gasteiger partial charge in [-0.15, -0.1) is 0 Å². The molecule has 4 heteroatoms. The Morgan fingerprint density at radius 1 is 1.12 bits per heavy atom. The van der Waals surface area contributed by atoms with Crippen molar-refractivity contribution in [2.24, 2.45) is 0 Å². The Morgan fingerprint density at radius 2 is 1.83 bits per heavy atom. The van der Waals surface area contributed by atoms with Gasteiger partial charge in [-0.25, -0.2) is 0 Å². The van der Waals surface area contributed by atoms with Crippen molar-refractivity contribution in [3.05, 3.63) is 87.7 Å². The Hall–Kier alpha value is -2.70. The van der Waals surface area contributed by atoms with Gasteiger partial charge in [0.25, 0.3) is 0 Å². The van der Waals surface area contributed by atoms with E-state index in [9.17, 15) is 5.26 Å². The van der Waals surface area contributed by atoms with Gasteiger partial charge in [0.05, 0.1) is 12.2 Å². The van der Waals surface area contributed by atoms with Crippen LogP contribution in [-0.4, -0.2) is 4.57 Å². The first-order valence-corrected chi connectivity index (χ1v) is 8.13. The fourth-order valence-corrected chi connectivity index (χ4v) is 2.97. The van der Waals surface area contributed by atoms with Gasteiger partial charge >= 0.3 is 0 Å². The Balaban J connectivity index is 2.00. The molecular formula is C20H18ClN3. The number of nitrogens with two attached hydrogens (primary N) is 1. The highest BCUT2D eigenvalue weighted by atomic mass is 35.5. The van der Waals surface area contributed by atoms with Crippen LogP contribution in [0.2, 0.25) is 5.02 Å². The van der Waals surface area contributed by atoms with E-state index in [1.54, 1.807) is 6.07 Å². The Kier molecular flexibility index (Phi) is 4.59. The summed E-state index contributed by atoms with van der Waals surface area (Å²) < 4.78 is 1.95. The van der Waals surface area contributed by atoms with Crippen LogP contribution >= 0.6 is 11.6 Å². The maximum absolute atomic E-state index is 9.45. The third-order valence-corrected chi connectivity index (χ3v) is 4.50. The smallest absolute Gasteiger partial charge is 0.122 e. The summed E-state index contributed by atoms with van der Waals surface area (Å²) in [4.78, 5) is 0. The second-order valence-corrected chi connectivity index (χ2v) is 6.29. The van der Waals surface area contributed by atoms with Crippen molar-refractivity contribution in [2.75, 3.05) is 5.73 Å². The number of hydrogen-bond donors (Lipinski definition) is 1. The summed E-state index contributed by atoms with van der Waals surface area (Å²) in [6.45, 7) is 2.59. The summed E-state index contributed by atoms with van der Waals surface area (Å²) in [7, 11) is 0. The molecular weight excluding hydrogens is 318 g/mol. The quantitative estimate of drug-likeness (QED) is 0.760. The molecule has 2 aromatic carbocycles. The monoisotopic (exact) mass is 335 g/mol. The van der Waals surface area contributed by atoms with E-state index in [0.717, 1.165) is 16.8 Å². The van der Waals surface area contributed by atoms with Gasteiger partial charge in [-0.1, -0.05) is 59.6 Å². The summed E-state index contributed by atoms with van der Waals surface area (Å²) in [6.07, 6.45) is 0.679. The molecule has 1 heterocycles. The lowest BCUT2D eigenvalue weighted by atomic mass is 10.1. The maximum Gasteiger partial charge on any atom is 0.122 e. The van der Waals surface area contributed by atoms with Crippen molar-refractivity contribution >= 4 is 17.3 Å². The zero-order valence-corrected chi connectivity index (χ0v) is 14.2. The van der Waals surface area contributed by atoms with Gasteiger partial charge < -0.3 is 10.3 Å². The highest BCUT2D eigenvalue weighted by molar-refractivity contribution is 6.31.